The fourth-order valence-corrected chi connectivity index (χ4v) is 2.42. The first-order chi connectivity index (χ1) is 7.63. The molecule has 1 fully saturated rings. The normalized spacial score (nSPS) is 23.1. The molecule has 0 radical (unpaired) electrons. The van der Waals surface area contributed by atoms with Crippen LogP contribution in [-0.2, 0) is 0 Å². The monoisotopic (exact) mass is 220 g/mol. The van der Waals surface area contributed by atoms with Crippen molar-refractivity contribution in [2.24, 2.45) is 5.41 Å². The Bertz CT molecular complexity index is 363. The summed E-state index contributed by atoms with van der Waals surface area (Å²) in [5.74, 6) is 1.69. The molecule has 1 saturated carbocycles. The molecule has 1 atom stereocenters. The summed E-state index contributed by atoms with van der Waals surface area (Å²) in [6.45, 7) is 4.63. The van der Waals surface area contributed by atoms with Crippen molar-refractivity contribution >= 4 is 5.82 Å². The van der Waals surface area contributed by atoms with Crippen LogP contribution in [0.3, 0.4) is 0 Å². The molecule has 1 aliphatic rings. The lowest BCUT2D eigenvalue weighted by molar-refractivity contribution is 0.347. The van der Waals surface area contributed by atoms with Crippen molar-refractivity contribution in [3.05, 3.63) is 18.3 Å². The lowest BCUT2D eigenvalue weighted by Gasteiger charge is -2.28. The van der Waals surface area contributed by atoms with Gasteiger partial charge in [0.1, 0.15) is 0 Å². The van der Waals surface area contributed by atoms with E-state index in [2.05, 4.69) is 24.1 Å². The van der Waals surface area contributed by atoms with E-state index in [1.807, 2.05) is 12.1 Å². The molecule has 0 bridgehead atoms. The van der Waals surface area contributed by atoms with Crippen LogP contribution in [-0.4, -0.2) is 18.1 Å². The van der Waals surface area contributed by atoms with Crippen molar-refractivity contribution in [3.8, 4) is 5.75 Å². The van der Waals surface area contributed by atoms with Crippen LogP contribution in [0.5, 0.6) is 5.75 Å². The first kappa shape index (κ1) is 11.2. The maximum absolute atomic E-state index is 5.30. The Morgan fingerprint density at radius 1 is 1.50 bits per heavy atom. The van der Waals surface area contributed by atoms with Gasteiger partial charge in [-0.2, -0.15) is 0 Å². The number of hydrogen-bond acceptors (Lipinski definition) is 3. The van der Waals surface area contributed by atoms with Gasteiger partial charge in [-0.3, -0.25) is 0 Å². The molecule has 1 aromatic rings. The second-order valence-corrected chi connectivity index (χ2v) is 5.13. The summed E-state index contributed by atoms with van der Waals surface area (Å²) in [6, 6.07) is 4.33. The van der Waals surface area contributed by atoms with Crippen molar-refractivity contribution in [3.63, 3.8) is 0 Å². The minimum Gasteiger partial charge on any atom is -0.493 e. The van der Waals surface area contributed by atoms with E-state index >= 15 is 0 Å². The predicted octanol–water partition coefficient (Wildman–Crippen LogP) is 3.08. The summed E-state index contributed by atoms with van der Waals surface area (Å²) < 4.78 is 5.30. The highest BCUT2D eigenvalue weighted by atomic mass is 16.5. The minimum atomic E-state index is 0.350. The molecule has 1 N–H and O–H groups in total. The SMILES string of the molecule is COc1cccnc1NC1CCCC1(C)C. The van der Waals surface area contributed by atoms with Gasteiger partial charge in [-0.25, -0.2) is 4.98 Å². The Hall–Kier alpha value is -1.25. The first-order valence-corrected chi connectivity index (χ1v) is 5.89. The molecule has 0 amide bonds. The number of rotatable bonds is 3. The van der Waals surface area contributed by atoms with Crippen molar-refractivity contribution in [1.29, 1.82) is 0 Å². The summed E-state index contributed by atoms with van der Waals surface area (Å²) in [4.78, 5) is 4.34. The average molecular weight is 220 g/mol. The Kier molecular flexibility index (Phi) is 3.03. The van der Waals surface area contributed by atoms with Gasteiger partial charge in [0.25, 0.3) is 0 Å². The second kappa shape index (κ2) is 4.32. The fraction of sp³-hybridized carbons (Fsp3) is 0.615. The highest BCUT2D eigenvalue weighted by molar-refractivity contribution is 5.50. The topological polar surface area (TPSA) is 34.1 Å². The molecule has 16 heavy (non-hydrogen) atoms. The van der Waals surface area contributed by atoms with Crippen LogP contribution in [0.25, 0.3) is 0 Å². The maximum atomic E-state index is 5.30. The number of anilines is 1. The van der Waals surface area contributed by atoms with E-state index in [-0.39, 0.29) is 0 Å². The van der Waals surface area contributed by atoms with Gasteiger partial charge in [0.2, 0.25) is 0 Å². The molecule has 1 aromatic heterocycles. The van der Waals surface area contributed by atoms with Crippen LogP contribution in [0.2, 0.25) is 0 Å². The zero-order chi connectivity index (χ0) is 11.6. The fourth-order valence-electron chi connectivity index (χ4n) is 2.42. The van der Waals surface area contributed by atoms with Gasteiger partial charge in [-0.1, -0.05) is 20.3 Å². The highest BCUT2D eigenvalue weighted by Gasteiger charge is 2.34. The zero-order valence-corrected chi connectivity index (χ0v) is 10.3. The Morgan fingerprint density at radius 2 is 2.31 bits per heavy atom. The van der Waals surface area contributed by atoms with E-state index in [0.29, 0.717) is 11.5 Å². The maximum Gasteiger partial charge on any atom is 0.168 e. The van der Waals surface area contributed by atoms with Crippen molar-refractivity contribution in [2.75, 3.05) is 12.4 Å². The molecule has 1 heterocycles. The van der Waals surface area contributed by atoms with E-state index in [4.69, 9.17) is 4.74 Å². The largest absolute Gasteiger partial charge is 0.493 e. The number of nitrogens with zero attached hydrogens (tertiary/aromatic N) is 1. The molecule has 0 aromatic carbocycles. The standard InChI is InChI=1S/C13H20N2O/c1-13(2)8-4-7-11(13)15-12-10(16-3)6-5-9-14-12/h5-6,9,11H,4,7-8H2,1-3H3,(H,14,15). The third-order valence-corrected chi connectivity index (χ3v) is 3.56. The molecule has 1 unspecified atom stereocenters. The van der Waals surface area contributed by atoms with Gasteiger partial charge in [0.15, 0.2) is 11.6 Å². The molecular weight excluding hydrogens is 200 g/mol. The van der Waals surface area contributed by atoms with E-state index in [9.17, 15) is 0 Å². The molecule has 3 heteroatoms. The van der Waals surface area contributed by atoms with Gasteiger partial charge in [0, 0.05) is 12.2 Å². The van der Waals surface area contributed by atoms with Crippen LogP contribution in [0.4, 0.5) is 5.82 Å². The number of pyridine rings is 1. The van der Waals surface area contributed by atoms with Gasteiger partial charge in [-0.05, 0) is 30.4 Å². The average Bonchev–Trinajstić information content (AvgIpc) is 2.59. The van der Waals surface area contributed by atoms with Gasteiger partial charge < -0.3 is 10.1 Å². The Labute approximate surface area is 97.2 Å². The lowest BCUT2D eigenvalue weighted by Crippen LogP contribution is -2.31. The molecule has 0 saturated heterocycles. The summed E-state index contributed by atoms with van der Waals surface area (Å²) in [6.07, 6.45) is 5.58. The van der Waals surface area contributed by atoms with Gasteiger partial charge in [0.05, 0.1) is 7.11 Å². The predicted molar refractivity (Wildman–Crippen MR) is 65.8 cm³/mol. The number of methoxy groups -OCH3 is 1. The number of ether oxygens (including phenoxy) is 1. The quantitative estimate of drug-likeness (QED) is 0.850. The van der Waals surface area contributed by atoms with Crippen LogP contribution < -0.4 is 10.1 Å². The molecule has 0 spiro atoms. The van der Waals surface area contributed by atoms with E-state index < -0.39 is 0 Å². The number of hydrogen-bond donors (Lipinski definition) is 1. The Morgan fingerprint density at radius 3 is 2.94 bits per heavy atom. The molecule has 3 nitrogen and oxygen atoms in total. The molecule has 2 rings (SSSR count). The molecule has 0 aliphatic heterocycles. The first-order valence-electron chi connectivity index (χ1n) is 5.89. The zero-order valence-electron chi connectivity index (χ0n) is 10.3. The van der Waals surface area contributed by atoms with Crippen LogP contribution in [0.15, 0.2) is 18.3 Å². The summed E-state index contributed by atoms with van der Waals surface area (Å²) >= 11 is 0. The van der Waals surface area contributed by atoms with Gasteiger partial charge >= 0.3 is 0 Å². The molecule has 88 valence electrons. The lowest BCUT2D eigenvalue weighted by atomic mass is 9.87. The molecular formula is C13H20N2O. The van der Waals surface area contributed by atoms with Crippen molar-refractivity contribution in [2.45, 2.75) is 39.2 Å². The highest BCUT2D eigenvalue weighted by Crippen LogP contribution is 2.39. The van der Waals surface area contributed by atoms with E-state index in [1.165, 1.54) is 19.3 Å². The van der Waals surface area contributed by atoms with E-state index in [1.54, 1.807) is 13.3 Å². The van der Waals surface area contributed by atoms with Crippen LogP contribution in [0.1, 0.15) is 33.1 Å². The van der Waals surface area contributed by atoms with Crippen molar-refractivity contribution < 1.29 is 4.74 Å². The summed E-state index contributed by atoms with van der Waals surface area (Å²) in [5.41, 5.74) is 0.350. The molecule has 1 aliphatic carbocycles. The number of aromatic nitrogens is 1. The minimum absolute atomic E-state index is 0.350. The number of nitrogens with one attached hydrogen (secondary N) is 1. The van der Waals surface area contributed by atoms with Crippen LogP contribution in [0, 0.1) is 5.41 Å². The smallest absolute Gasteiger partial charge is 0.168 e. The summed E-state index contributed by atoms with van der Waals surface area (Å²) in [7, 11) is 1.68. The van der Waals surface area contributed by atoms with Crippen LogP contribution >= 0.6 is 0 Å². The summed E-state index contributed by atoms with van der Waals surface area (Å²) in [5, 5.41) is 3.51. The van der Waals surface area contributed by atoms with Gasteiger partial charge in [-0.15, -0.1) is 0 Å². The third-order valence-electron chi connectivity index (χ3n) is 3.56. The second-order valence-electron chi connectivity index (χ2n) is 5.13. The van der Waals surface area contributed by atoms with Crippen molar-refractivity contribution in [1.82, 2.24) is 4.98 Å². The third kappa shape index (κ3) is 2.13. The van der Waals surface area contributed by atoms with E-state index in [0.717, 1.165) is 11.6 Å². The Balaban J connectivity index is 2.14.